The molecule has 0 saturated heterocycles. The minimum Gasteiger partial charge on any atom is -0.481 e. The number of anilines is 2. The smallest absolute Gasteiger partial charge is 0.303 e. The van der Waals surface area contributed by atoms with Crippen molar-refractivity contribution >= 4 is 29.2 Å². The average molecular weight is 278 g/mol. The number of fused-ring (bicyclic) bond motifs is 1. The van der Waals surface area contributed by atoms with Crippen LogP contribution in [0.2, 0.25) is 0 Å². The highest BCUT2D eigenvalue weighted by atomic mass is 16.5. The van der Waals surface area contributed by atoms with Gasteiger partial charge in [0.05, 0.1) is 12.1 Å². The van der Waals surface area contributed by atoms with Gasteiger partial charge in [0, 0.05) is 18.2 Å². The van der Waals surface area contributed by atoms with Crippen LogP contribution in [-0.2, 0) is 14.4 Å². The Hall–Kier alpha value is -2.57. The largest absolute Gasteiger partial charge is 0.481 e. The number of hydrogen-bond acceptors (Lipinski definition) is 4. The van der Waals surface area contributed by atoms with Crippen molar-refractivity contribution in [2.45, 2.75) is 25.9 Å². The molecular formula is C13H14N2O5. The topological polar surface area (TPSA) is 105 Å². The third kappa shape index (κ3) is 3.25. The Kier molecular flexibility index (Phi) is 3.88. The molecule has 1 aromatic rings. The van der Waals surface area contributed by atoms with E-state index in [1.54, 1.807) is 25.1 Å². The molecule has 0 bridgehead atoms. The van der Waals surface area contributed by atoms with E-state index in [-0.39, 0.29) is 24.7 Å². The predicted octanol–water partition coefficient (Wildman–Crippen LogP) is 1.21. The summed E-state index contributed by atoms with van der Waals surface area (Å²) in [6, 6.07) is 4.81. The van der Waals surface area contributed by atoms with Crippen LogP contribution in [0.15, 0.2) is 18.2 Å². The lowest BCUT2D eigenvalue weighted by molar-refractivity contribution is -0.138. The summed E-state index contributed by atoms with van der Waals surface area (Å²) >= 11 is 0. The molecule has 7 heteroatoms. The summed E-state index contributed by atoms with van der Waals surface area (Å²) in [5, 5.41) is 13.8. The molecule has 0 aliphatic carbocycles. The highest BCUT2D eigenvalue weighted by Crippen LogP contribution is 2.32. The van der Waals surface area contributed by atoms with Gasteiger partial charge >= 0.3 is 5.97 Å². The first-order valence-corrected chi connectivity index (χ1v) is 6.09. The van der Waals surface area contributed by atoms with E-state index in [1.807, 2.05) is 0 Å². The zero-order valence-corrected chi connectivity index (χ0v) is 10.8. The first-order chi connectivity index (χ1) is 9.45. The number of amides is 2. The number of ether oxygens (including phenoxy) is 1. The van der Waals surface area contributed by atoms with Gasteiger partial charge in [-0.05, 0) is 19.1 Å². The summed E-state index contributed by atoms with van der Waals surface area (Å²) in [6.07, 6.45) is -0.915. The van der Waals surface area contributed by atoms with Gasteiger partial charge in [0.2, 0.25) is 5.91 Å². The summed E-state index contributed by atoms with van der Waals surface area (Å²) in [5.41, 5.74) is 1.03. The molecule has 0 spiro atoms. The number of carboxylic acid groups (broad SMARTS) is 1. The van der Waals surface area contributed by atoms with Crippen molar-refractivity contribution in [2.24, 2.45) is 0 Å². The molecule has 1 atom stereocenters. The number of nitrogens with one attached hydrogen (secondary N) is 2. The average Bonchev–Trinajstić information content (AvgIpc) is 2.38. The van der Waals surface area contributed by atoms with Crippen molar-refractivity contribution in [1.82, 2.24) is 0 Å². The molecule has 3 N–H and O–H groups in total. The lowest BCUT2D eigenvalue weighted by Gasteiger charge is -2.23. The maximum atomic E-state index is 11.5. The van der Waals surface area contributed by atoms with E-state index in [0.29, 0.717) is 17.1 Å². The second-order valence-corrected chi connectivity index (χ2v) is 4.40. The lowest BCUT2D eigenvalue weighted by atomic mass is 10.2. The third-order valence-electron chi connectivity index (χ3n) is 2.76. The fourth-order valence-electron chi connectivity index (χ4n) is 1.72. The molecule has 20 heavy (non-hydrogen) atoms. The van der Waals surface area contributed by atoms with Gasteiger partial charge in [0.15, 0.2) is 6.10 Å². The molecule has 106 valence electrons. The van der Waals surface area contributed by atoms with E-state index in [2.05, 4.69) is 10.6 Å². The normalized spacial score (nSPS) is 16.6. The van der Waals surface area contributed by atoms with E-state index >= 15 is 0 Å². The van der Waals surface area contributed by atoms with Gasteiger partial charge in [-0.2, -0.15) is 0 Å². The molecule has 1 unspecified atom stereocenters. The number of benzene rings is 1. The zero-order valence-electron chi connectivity index (χ0n) is 10.8. The van der Waals surface area contributed by atoms with E-state index in [0.717, 1.165) is 0 Å². The number of carbonyl (C=O) groups excluding carboxylic acids is 2. The van der Waals surface area contributed by atoms with Crippen molar-refractivity contribution in [3.63, 3.8) is 0 Å². The number of rotatable bonds is 4. The Morgan fingerprint density at radius 3 is 2.85 bits per heavy atom. The van der Waals surface area contributed by atoms with Gasteiger partial charge in [0.1, 0.15) is 5.75 Å². The van der Waals surface area contributed by atoms with E-state index in [1.165, 1.54) is 0 Å². The SMILES string of the molecule is CC1Oc2cc(NC(=O)CCC(=O)O)ccc2NC1=O. The molecular weight excluding hydrogens is 264 g/mol. The molecule has 1 aliphatic heterocycles. The van der Waals surface area contributed by atoms with Crippen LogP contribution in [0.3, 0.4) is 0 Å². The fourth-order valence-corrected chi connectivity index (χ4v) is 1.72. The zero-order chi connectivity index (χ0) is 14.7. The summed E-state index contributed by atoms with van der Waals surface area (Å²) in [4.78, 5) is 33.3. The molecule has 2 amide bonds. The van der Waals surface area contributed by atoms with Crippen molar-refractivity contribution in [3.05, 3.63) is 18.2 Å². The van der Waals surface area contributed by atoms with Crippen LogP contribution in [0.1, 0.15) is 19.8 Å². The molecule has 7 nitrogen and oxygen atoms in total. The van der Waals surface area contributed by atoms with Crippen LogP contribution >= 0.6 is 0 Å². The Morgan fingerprint density at radius 2 is 2.15 bits per heavy atom. The van der Waals surface area contributed by atoms with Gasteiger partial charge in [-0.25, -0.2) is 0 Å². The second-order valence-electron chi connectivity index (χ2n) is 4.40. The lowest BCUT2D eigenvalue weighted by Crippen LogP contribution is -2.34. The van der Waals surface area contributed by atoms with Crippen molar-refractivity contribution in [2.75, 3.05) is 10.6 Å². The van der Waals surface area contributed by atoms with Gasteiger partial charge in [-0.15, -0.1) is 0 Å². The van der Waals surface area contributed by atoms with E-state index in [9.17, 15) is 14.4 Å². The number of carbonyl (C=O) groups is 3. The van der Waals surface area contributed by atoms with Crippen LogP contribution < -0.4 is 15.4 Å². The van der Waals surface area contributed by atoms with Gasteiger partial charge in [-0.3, -0.25) is 14.4 Å². The van der Waals surface area contributed by atoms with Crippen LogP contribution in [-0.4, -0.2) is 29.0 Å². The van der Waals surface area contributed by atoms with Crippen molar-refractivity contribution < 1.29 is 24.2 Å². The van der Waals surface area contributed by atoms with Crippen molar-refractivity contribution in [3.8, 4) is 5.75 Å². The second kappa shape index (κ2) is 5.60. The first kappa shape index (κ1) is 13.9. The first-order valence-electron chi connectivity index (χ1n) is 6.09. The van der Waals surface area contributed by atoms with Crippen molar-refractivity contribution in [1.29, 1.82) is 0 Å². The molecule has 0 fully saturated rings. The van der Waals surface area contributed by atoms with Crippen LogP contribution in [0, 0.1) is 0 Å². The molecule has 2 rings (SSSR count). The van der Waals surface area contributed by atoms with Crippen LogP contribution in [0.4, 0.5) is 11.4 Å². The Bertz CT molecular complexity index is 570. The Balaban J connectivity index is 2.04. The number of aliphatic carboxylic acids is 1. The quantitative estimate of drug-likeness (QED) is 0.767. The monoisotopic (exact) mass is 278 g/mol. The molecule has 0 aromatic heterocycles. The molecule has 0 saturated carbocycles. The molecule has 0 radical (unpaired) electrons. The highest BCUT2D eigenvalue weighted by molar-refractivity contribution is 5.98. The molecule has 1 aliphatic rings. The number of carboxylic acids is 1. The van der Waals surface area contributed by atoms with Crippen LogP contribution in [0.5, 0.6) is 5.75 Å². The van der Waals surface area contributed by atoms with Gasteiger partial charge in [0.25, 0.3) is 5.91 Å². The standard InChI is InChI=1S/C13H14N2O5/c1-7-13(19)15-9-3-2-8(6-10(9)20-7)14-11(16)4-5-12(17)18/h2-3,6-7H,4-5H2,1H3,(H,14,16)(H,15,19)(H,17,18). The highest BCUT2D eigenvalue weighted by Gasteiger charge is 2.23. The van der Waals surface area contributed by atoms with E-state index < -0.39 is 12.1 Å². The number of hydrogen-bond donors (Lipinski definition) is 3. The molecule has 1 aromatic carbocycles. The minimum absolute atomic E-state index is 0.0968. The van der Waals surface area contributed by atoms with E-state index in [4.69, 9.17) is 9.84 Å². The van der Waals surface area contributed by atoms with Gasteiger partial charge < -0.3 is 20.5 Å². The summed E-state index contributed by atoms with van der Waals surface area (Å²) in [6.45, 7) is 1.62. The summed E-state index contributed by atoms with van der Waals surface area (Å²) in [5.74, 6) is -1.17. The Labute approximate surface area is 114 Å². The summed E-state index contributed by atoms with van der Waals surface area (Å²) in [7, 11) is 0. The Morgan fingerprint density at radius 1 is 1.40 bits per heavy atom. The van der Waals surface area contributed by atoms with Gasteiger partial charge in [-0.1, -0.05) is 0 Å². The van der Waals surface area contributed by atoms with Crippen LogP contribution in [0.25, 0.3) is 0 Å². The maximum Gasteiger partial charge on any atom is 0.303 e. The maximum absolute atomic E-state index is 11.5. The minimum atomic E-state index is -1.02. The fraction of sp³-hybridized carbons (Fsp3) is 0.308. The predicted molar refractivity (Wildman–Crippen MR) is 70.7 cm³/mol. The summed E-state index contributed by atoms with van der Waals surface area (Å²) < 4.78 is 5.41. The third-order valence-corrected chi connectivity index (χ3v) is 2.76. The molecule has 1 heterocycles.